The monoisotopic (exact) mass is 180 g/mol. The predicted octanol–water partition coefficient (Wildman–Crippen LogP) is 3.50. The van der Waals surface area contributed by atoms with Gasteiger partial charge in [-0.3, -0.25) is 0 Å². The van der Waals surface area contributed by atoms with Crippen molar-refractivity contribution < 1.29 is 0 Å². The maximum absolute atomic E-state index is 2.93. The van der Waals surface area contributed by atoms with E-state index in [1.54, 1.807) is 0 Å². The van der Waals surface area contributed by atoms with Gasteiger partial charge < -0.3 is 0 Å². The van der Waals surface area contributed by atoms with Crippen LogP contribution in [0.25, 0.3) is 0 Å². The Morgan fingerprint density at radius 1 is 1.42 bits per heavy atom. The van der Waals surface area contributed by atoms with E-state index in [0.717, 1.165) is 6.42 Å². The van der Waals surface area contributed by atoms with Gasteiger partial charge in [-0.25, -0.2) is 0 Å². The molecule has 1 rings (SSSR count). The quantitative estimate of drug-likeness (QED) is 0.611. The van der Waals surface area contributed by atoms with Gasteiger partial charge in [0.05, 0.1) is 0 Å². The number of benzene rings is 1. The Morgan fingerprint density at radius 3 is 2.58 bits per heavy atom. The van der Waals surface area contributed by atoms with Crippen molar-refractivity contribution in [3.63, 3.8) is 0 Å². The average molecular weight is 180 g/mol. The summed E-state index contributed by atoms with van der Waals surface area (Å²) in [5.74, 6) is 0. The number of aryl methyl sites for hydroxylation is 1. The van der Waals surface area contributed by atoms with Crippen LogP contribution in [0.5, 0.6) is 0 Å². The third-order valence-electron chi connectivity index (χ3n) is 2.41. The summed E-state index contributed by atoms with van der Waals surface area (Å²) in [6, 6.07) is 8.72. The molecule has 0 aromatic heterocycles. The topological polar surface area (TPSA) is 0 Å². The molecule has 0 fully saturated rings. The predicted molar refractivity (Wildman–Crippen MR) is 58.5 cm³/mol. The Bertz CT molecular complexity index is 263. The van der Waals surface area contributed by atoms with Crippen molar-refractivity contribution in [2.45, 2.75) is 32.3 Å². The summed E-state index contributed by atoms with van der Waals surface area (Å²) in [5.41, 5.74) is 2.75. The van der Waals surface area contributed by atoms with Gasteiger partial charge >= 0.3 is 0 Å². The summed E-state index contributed by atoms with van der Waals surface area (Å²) in [7, 11) is 2.93. The molecule has 0 aliphatic rings. The van der Waals surface area contributed by atoms with Gasteiger partial charge in [-0.1, -0.05) is 43.7 Å². The van der Waals surface area contributed by atoms with E-state index in [4.69, 9.17) is 0 Å². The third kappa shape index (κ3) is 2.08. The first-order chi connectivity index (χ1) is 5.56. The molecule has 1 aromatic rings. The lowest BCUT2D eigenvalue weighted by Gasteiger charge is -2.23. The lowest BCUT2D eigenvalue weighted by Crippen LogP contribution is -2.10. The molecule has 1 heteroatoms. The molecule has 0 saturated heterocycles. The fourth-order valence-electron chi connectivity index (χ4n) is 1.20. The summed E-state index contributed by atoms with van der Waals surface area (Å²) >= 11 is 0. The molecule has 0 amide bonds. The molecule has 0 N–H and O–H groups in total. The van der Waals surface area contributed by atoms with E-state index in [1.807, 2.05) is 0 Å². The van der Waals surface area contributed by atoms with E-state index in [1.165, 1.54) is 11.1 Å². The molecule has 2 unspecified atom stereocenters. The molecular weight excluding hydrogens is 163 g/mol. The van der Waals surface area contributed by atoms with Crippen molar-refractivity contribution in [2.24, 2.45) is 0 Å². The second kappa shape index (κ2) is 3.58. The second-order valence-corrected chi connectivity index (χ2v) is 4.91. The van der Waals surface area contributed by atoms with Crippen LogP contribution in [0.3, 0.4) is 0 Å². The molecule has 0 radical (unpaired) electrons. The van der Waals surface area contributed by atoms with Gasteiger partial charge in [0.25, 0.3) is 0 Å². The zero-order valence-corrected chi connectivity index (χ0v) is 9.25. The van der Waals surface area contributed by atoms with Crippen molar-refractivity contribution in [1.29, 1.82) is 0 Å². The highest BCUT2D eigenvalue weighted by atomic mass is 31.0. The van der Waals surface area contributed by atoms with Crippen molar-refractivity contribution in [2.75, 3.05) is 0 Å². The van der Waals surface area contributed by atoms with Crippen LogP contribution in [0.15, 0.2) is 24.3 Å². The van der Waals surface area contributed by atoms with Gasteiger partial charge in [-0.05, 0) is 18.9 Å². The van der Waals surface area contributed by atoms with Gasteiger partial charge in [-0.2, -0.15) is 0 Å². The third-order valence-corrected chi connectivity index (χ3v) is 3.15. The standard InChI is InChI=1S/C11H17P/c1-4-11(3,12)10-7-5-6-9(2)8-10/h5-8H,4,12H2,1-3H3. The fraction of sp³-hybridized carbons (Fsp3) is 0.455. The summed E-state index contributed by atoms with van der Waals surface area (Å²) in [4.78, 5) is 0. The zero-order valence-electron chi connectivity index (χ0n) is 8.09. The van der Waals surface area contributed by atoms with Crippen LogP contribution in [0.4, 0.5) is 0 Å². The summed E-state index contributed by atoms with van der Waals surface area (Å²) < 4.78 is 0. The van der Waals surface area contributed by atoms with E-state index in [0.29, 0.717) is 0 Å². The van der Waals surface area contributed by atoms with Crippen LogP contribution in [-0.4, -0.2) is 0 Å². The first-order valence-electron chi connectivity index (χ1n) is 4.42. The molecule has 0 nitrogen and oxygen atoms in total. The number of hydrogen-bond donors (Lipinski definition) is 0. The minimum atomic E-state index is 0.242. The lowest BCUT2D eigenvalue weighted by atomic mass is 9.96. The molecule has 0 spiro atoms. The van der Waals surface area contributed by atoms with Crippen molar-refractivity contribution >= 4 is 9.24 Å². The number of hydrogen-bond acceptors (Lipinski definition) is 0. The summed E-state index contributed by atoms with van der Waals surface area (Å²) in [6.07, 6.45) is 1.15. The van der Waals surface area contributed by atoms with E-state index in [-0.39, 0.29) is 5.16 Å². The van der Waals surface area contributed by atoms with Crippen molar-refractivity contribution in [1.82, 2.24) is 0 Å². The van der Waals surface area contributed by atoms with Crippen LogP contribution in [0.2, 0.25) is 0 Å². The van der Waals surface area contributed by atoms with Gasteiger partial charge in [0.1, 0.15) is 0 Å². The van der Waals surface area contributed by atoms with E-state index in [2.05, 4.69) is 54.3 Å². The fourth-order valence-corrected chi connectivity index (χ4v) is 1.38. The lowest BCUT2D eigenvalue weighted by molar-refractivity contribution is 0.664. The second-order valence-electron chi connectivity index (χ2n) is 3.64. The summed E-state index contributed by atoms with van der Waals surface area (Å²) in [5, 5.41) is 0.242. The van der Waals surface area contributed by atoms with E-state index in [9.17, 15) is 0 Å². The first kappa shape index (κ1) is 9.74. The molecular formula is C11H17P. The maximum atomic E-state index is 2.93. The highest BCUT2D eigenvalue weighted by Crippen LogP contribution is 2.34. The van der Waals surface area contributed by atoms with Crippen LogP contribution in [0.1, 0.15) is 31.4 Å². The molecule has 12 heavy (non-hydrogen) atoms. The smallest absolute Gasteiger partial charge is 0.00669 e. The molecule has 0 bridgehead atoms. The van der Waals surface area contributed by atoms with Gasteiger partial charge in [0.15, 0.2) is 0 Å². The molecule has 0 heterocycles. The molecule has 0 aliphatic carbocycles. The average Bonchev–Trinajstić information content (AvgIpc) is 2.05. The van der Waals surface area contributed by atoms with Crippen LogP contribution in [0, 0.1) is 6.92 Å². The molecule has 0 aliphatic heterocycles. The van der Waals surface area contributed by atoms with Crippen molar-refractivity contribution in [3.8, 4) is 0 Å². The number of rotatable bonds is 2. The van der Waals surface area contributed by atoms with Crippen molar-refractivity contribution in [3.05, 3.63) is 35.4 Å². The Morgan fingerprint density at radius 2 is 2.08 bits per heavy atom. The minimum Gasteiger partial charge on any atom is -0.127 e. The Labute approximate surface area is 77.6 Å². The SMILES string of the molecule is CCC(C)(P)c1cccc(C)c1. The molecule has 0 saturated carbocycles. The summed E-state index contributed by atoms with van der Waals surface area (Å²) in [6.45, 7) is 6.61. The normalized spacial score (nSPS) is 15.7. The van der Waals surface area contributed by atoms with Gasteiger partial charge in [0.2, 0.25) is 0 Å². The highest BCUT2D eigenvalue weighted by Gasteiger charge is 2.17. The van der Waals surface area contributed by atoms with Crippen LogP contribution < -0.4 is 0 Å². The molecule has 66 valence electrons. The van der Waals surface area contributed by atoms with Crippen LogP contribution >= 0.6 is 9.24 Å². The maximum Gasteiger partial charge on any atom is 0.00669 e. The molecule has 1 aromatic carbocycles. The van der Waals surface area contributed by atoms with E-state index < -0.39 is 0 Å². The highest BCUT2D eigenvalue weighted by molar-refractivity contribution is 7.18. The molecule has 2 atom stereocenters. The van der Waals surface area contributed by atoms with Gasteiger partial charge in [0, 0.05) is 5.16 Å². The Hall–Kier alpha value is -0.350. The van der Waals surface area contributed by atoms with Gasteiger partial charge in [-0.15, -0.1) is 9.24 Å². The first-order valence-corrected chi connectivity index (χ1v) is 5.00. The zero-order chi connectivity index (χ0) is 9.19. The largest absolute Gasteiger partial charge is 0.127 e. The van der Waals surface area contributed by atoms with E-state index >= 15 is 0 Å². The Balaban J connectivity index is 3.03. The minimum absolute atomic E-state index is 0.242. The Kier molecular flexibility index (Phi) is 2.90. The van der Waals surface area contributed by atoms with Crippen LogP contribution in [-0.2, 0) is 5.16 Å².